The fourth-order valence-corrected chi connectivity index (χ4v) is 5.39. The second-order valence-corrected chi connectivity index (χ2v) is 9.71. The molecule has 1 atom stereocenters. The first-order valence-electron chi connectivity index (χ1n) is 10.9. The molecule has 3 aliphatic rings. The van der Waals surface area contributed by atoms with Crippen LogP contribution in [0.1, 0.15) is 41.2 Å². The number of thioether (sulfide) groups is 1. The fourth-order valence-electron chi connectivity index (χ4n) is 4.27. The van der Waals surface area contributed by atoms with E-state index in [4.69, 9.17) is 9.47 Å². The highest BCUT2D eigenvalue weighted by atomic mass is 32.2. The van der Waals surface area contributed by atoms with E-state index in [0.717, 1.165) is 47.6 Å². The maximum atomic E-state index is 12.8. The van der Waals surface area contributed by atoms with Gasteiger partial charge in [-0.2, -0.15) is 13.2 Å². The summed E-state index contributed by atoms with van der Waals surface area (Å²) in [5.74, 6) is 1.45. The molecule has 2 heterocycles. The van der Waals surface area contributed by atoms with E-state index in [2.05, 4.69) is 9.89 Å². The predicted molar refractivity (Wildman–Crippen MR) is 120 cm³/mol. The van der Waals surface area contributed by atoms with Gasteiger partial charge in [0.15, 0.2) is 11.5 Å². The molecule has 2 fully saturated rings. The van der Waals surface area contributed by atoms with Gasteiger partial charge in [0.05, 0.1) is 29.5 Å². The molecule has 1 unspecified atom stereocenters. The van der Waals surface area contributed by atoms with Crippen molar-refractivity contribution in [2.75, 3.05) is 26.7 Å². The van der Waals surface area contributed by atoms with Crippen molar-refractivity contribution in [1.29, 1.82) is 0 Å². The average Bonchev–Trinajstić information content (AvgIpc) is 3.20. The Hall–Kier alpha value is -2.19. The van der Waals surface area contributed by atoms with Crippen LogP contribution in [0.3, 0.4) is 0 Å². The zero-order valence-corrected chi connectivity index (χ0v) is 18.6. The van der Waals surface area contributed by atoms with Crippen LogP contribution >= 0.6 is 11.8 Å². The predicted octanol–water partition coefficient (Wildman–Crippen LogP) is 5.56. The van der Waals surface area contributed by atoms with Gasteiger partial charge in [-0.25, -0.2) is 0 Å². The van der Waals surface area contributed by atoms with Crippen LogP contribution in [0.25, 0.3) is 0 Å². The number of methoxy groups -OCH3 is 1. The summed E-state index contributed by atoms with van der Waals surface area (Å²) in [6, 6.07) is 11.9. The lowest BCUT2D eigenvalue weighted by molar-refractivity contribution is -0.137. The quantitative estimate of drug-likeness (QED) is 0.563. The van der Waals surface area contributed by atoms with Crippen LogP contribution in [0.2, 0.25) is 0 Å². The summed E-state index contributed by atoms with van der Waals surface area (Å²) < 4.78 is 50.2. The summed E-state index contributed by atoms with van der Waals surface area (Å²) in [6.45, 7) is 2.51. The van der Waals surface area contributed by atoms with E-state index in [9.17, 15) is 13.2 Å². The van der Waals surface area contributed by atoms with Gasteiger partial charge >= 0.3 is 6.18 Å². The highest BCUT2D eigenvalue weighted by Crippen LogP contribution is 2.41. The maximum Gasteiger partial charge on any atom is 0.416 e. The minimum atomic E-state index is -4.33. The Morgan fingerprint density at radius 2 is 1.78 bits per heavy atom. The normalized spacial score (nSPS) is 22.2. The number of hydrogen-bond donors (Lipinski definition) is 0. The summed E-state index contributed by atoms with van der Waals surface area (Å²) in [4.78, 5) is 7.05. The van der Waals surface area contributed by atoms with Gasteiger partial charge in [0.2, 0.25) is 0 Å². The number of rotatable bonds is 6. The Kier molecular flexibility index (Phi) is 5.84. The number of halogens is 3. The van der Waals surface area contributed by atoms with Gasteiger partial charge in [-0.1, -0.05) is 36.4 Å². The van der Waals surface area contributed by atoms with Gasteiger partial charge in [-0.05, 0) is 42.7 Å². The Bertz CT molecular complexity index is 999. The van der Waals surface area contributed by atoms with Crippen LogP contribution in [-0.4, -0.2) is 48.8 Å². The molecule has 32 heavy (non-hydrogen) atoms. The lowest BCUT2D eigenvalue weighted by Crippen LogP contribution is -2.59. The van der Waals surface area contributed by atoms with Gasteiger partial charge in [0.25, 0.3) is 0 Å². The van der Waals surface area contributed by atoms with Crippen molar-refractivity contribution in [3.05, 3.63) is 59.2 Å². The molecule has 4 nitrogen and oxygen atoms in total. The van der Waals surface area contributed by atoms with E-state index in [1.54, 1.807) is 18.9 Å². The van der Waals surface area contributed by atoms with Crippen molar-refractivity contribution in [2.45, 2.75) is 42.8 Å². The van der Waals surface area contributed by atoms with E-state index in [1.165, 1.54) is 31.4 Å². The van der Waals surface area contributed by atoms with E-state index < -0.39 is 11.7 Å². The second-order valence-electron chi connectivity index (χ2n) is 8.52. The summed E-state index contributed by atoms with van der Waals surface area (Å²) >= 11 is 1.56. The minimum Gasteiger partial charge on any atom is -0.493 e. The molecule has 5 rings (SSSR count). The smallest absolute Gasteiger partial charge is 0.416 e. The number of likely N-dealkylation sites (tertiary alicyclic amines) is 1. The molecule has 0 N–H and O–H groups in total. The van der Waals surface area contributed by atoms with Crippen LogP contribution in [0, 0.1) is 0 Å². The van der Waals surface area contributed by atoms with Crippen LogP contribution in [0.15, 0.2) is 47.5 Å². The molecule has 0 spiro atoms. The van der Waals surface area contributed by atoms with Crippen LogP contribution in [-0.2, 0) is 6.18 Å². The van der Waals surface area contributed by atoms with Crippen molar-refractivity contribution in [2.24, 2.45) is 4.99 Å². The van der Waals surface area contributed by atoms with Crippen molar-refractivity contribution in [3.8, 4) is 11.5 Å². The molecular weight excluding hydrogens is 437 g/mol. The number of aliphatic imine (C=N–C) groups is 1. The number of hydrogen-bond acceptors (Lipinski definition) is 5. The first-order valence-corrected chi connectivity index (χ1v) is 11.8. The Balaban J connectivity index is 1.21. The topological polar surface area (TPSA) is 34.1 Å². The summed E-state index contributed by atoms with van der Waals surface area (Å²) in [5, 5.41) is 0.849. The zero-order chi connectivity index (χ0) is 22.3. The lowest BCUT2D eigenvalue weighted by Gasteiger charge is -2.47. The Morgan fingerprint density at radius 3 is 2.41 bits per heavy atom. The summed E-state index contributed by atoms with van der Waals surface area (Å²) in [6.07, 6.45) is -0.182. The number of alkyl halides is 3. The standard InChI is InChI=1S/C24H25F3N2O2S/c1-30-21-11-16(7-10-20(21)31-19-13-29(14-19)18-3-2-4-18)22-12-28-23(32-22)15-5-8-17(9-6-15)24(25,26)27/h5-11,18-19,22H,2-4,12-14H2,1H3. The summed E-state index contributed by atoms with van der Waals surface area (Å²) in [7, 11) is 1.64. The van der Waals surface area contributed by atoms with Crippen molar-refractivity contribution in [3.63, 3.8) is 0 Å². The monoisotopic (exact) mass is 462 g/mol. The first-order chi connectivity index (χ1) is 15.4. The fraction of sp³-hybridized carbons (Fsp3) is 0.458. The van der Waals surface area contributed by atoms with E-state index in [-0.39, 0.29) is 11.4 Å². The van der Waals surface area contributed by atoms with Gasteiger partial charge in [-0.3, -0.25) is 9.89 Å². The van der Waals surface area contributed by atoms with Crippen LogP contribution in [0.4, 0.5) is 13.2 Å². The number of ether oxygens (including phenoxy) is 2. The second kappa shape index (κ2) is 8.63. The Labute approximate surface area is 189 Å². The third kappa shape index (κ3) is 4.35. The van der Waals surface area contributed by atoms with Gasteiger partial charge in [0, 0.05) is 24.7 Å². The van der Waals surface area contributed by atoms with E-state index in [0.29, 0.717) is 17.9 Å². The van der Waals surface area contributed by atoms with Crippen molar-refractivity contribution >= 4 is 16.8 Å². The molecule has 0 amide bonds. The highest BCUT2D eigenvalue weighted by Gasteiger charge is 2.37. The molecule has 8 heteroatoms. The number of benzene rings is 2. The van der Waals surface area contributed by atoms with E-state index in [1.807, 2.05) is 18.2 Å². The molecule has 170 valence electrons. The lowest BCUT2D eigenvalue weighted by atomic mass is 9.89. The molecule has 1 saturated heterocycles. The molecule has 1 aliphatic carbocycles. The van der Waals surface area contributed by atoms with Crippen LogP contribution in [0.5, 0.6) is 11.5 Å². The SMILES string of the molecule is COc1cc(C2CN=C(c3ccc(C(F)(F)F)cc3)S2)ccc1OC1CN(C2CCC2)C1. The summed E-state index contributed by atoms with van der Waals surface area (Å²) in [5.41, 5.74) is 1.12. The van der Waals surface area contributed by atoms with E-state index >= 15 is 0 Å². The molecule has 0 aromatic heterocycles. The third-order valence-electron chi connectivity index (χ3n) is 6.43. The maximum absolute atomic E-state index is 12.8. The van der Waals surface area contributed by atoms with Crippen molar-refractivity contribution < 1.29 is 22.6 Å². The Morgan fingerprint density at radius 1 is 1.03 bits per heavy atom. The molecule has 2 aromatic carbocycles. The average molecular weight is 463 g/mol. The molecule has 1 saturated carbocycles. The molecular formula is C24H25F3N2O2S. The molecule has 2 aliphatic heterocycles. The van der Waals surface area contributed by atoms with Crippen LogP contribution < -0.4 is 9.47 Å². The number of nitrogens with zero attached hydrogens (tertiary/aromatic N) is 2. The largest absolute Gasteiger partial charge is 0.493 e. The molecule has 2 aromatic rings. The van der Waals surface area contributed by atoms with Crippen molar-refractivity contribution in [1.82, 2.24) is 4.90 Å². The molecule has 0 radical (unpaired) electrons. The minimum absolute atomic E-state index is 0.0908. The van der Waals surface area contributed by atoms with Gasteiger partial charge < -0.3 is 9.47 Å². The van der Waals surface area contributed by atoms with Gasteiger partial charge in [-0.15, -0.1) is 0 Å². The highest BCUT2D eigenvalue weighted by molar-refractivity contribution is 8.14. The first kappa shape index (κ1) is 21.6. The van der Waals surface area contributed by atoms with Gasteiger partial charge in [0.1, 0.15) is 6.10 Å². The molecule has 0 bridgehead atoms. The third-order valence-corrected chi connectivity index (χ3v) is 7.73. The zero-order valence-electron chi connectivity index (χ0n) is 17.8.